The summed E-state index contributed by atoms with van der Waals surface area (Å²) in [6.45, 7) is 1.74. The van der Waals surface area contributed by atoms with Crippen molar-refractivity contribution in [2.45, 2.75) is 6.92 Å². The van der Waals surface area contributed by atoms with E-state index in [1.54, 1.807) is 13.0 Å². The Balaban J connectivity index is 0.00000121. The minimum absolute atomic E-state index is 0. The third kappa shape index (κ3) is 1.96. The van der Waals surface area contributed by atoms with E-state index in [9.17, 15) is 9.90 Å². The van der Waals surface area contributed by atoms with Gasteiger partial charge < -0.3 is 16.4 Å². The average Bonchev–Trinajstić information content (AvgIpc) is 1.85. The highest BCUT2D eigenvalue weighted by molar-refractivity contribution is 5.90. The van der Waals surface area contributed by atoms with Gasteiger partial charge in [-0.1, -0.05) is 23.4 Å². The highest BCUT2D eigenvalue weighted by Crippen LogP contribution is 2.14. The minimum atomic E-state index is -1.17. The minimum Gasteiger partial charge on any atom is -0.872 e. The van der Waals surface area contributed by atoms with Gasteiger partial charge in [0.2, 0.25) is 0 Å². The molecule has 5 N–H and O–H groups in total. The van der Waals surface area contributed by atoms with Crippen molar-refractivity contribution in [3.05, 3.63) is 29.3 Å². The van der Waals surface area contributed by atoms with Crippen molar-refractivity contribution in [3.63, 3.8) is 0 Å². The van der Waals surface area contributed by atoms with Gasteiger partial charge in [-0.25, -0.2) is 4.79 Å². The first-order valence-electron chi connectivity index (χ1n) is 3.12. The second-order valence-corrected chi connectivity index (χ2v) is 2.30. The molecule has 0 aliphatic carbocycles. The quantitative estimate of drug-likeness (QED) is 0.659. The second kappa shape index (κ2) is 3.73. The van der Waals surface area contributed by atoms with Gasteiger partial charge in [-0.2, -0.15) is 0 Å². The van der Waals surface area contributed by atoms with Gasteiger partial charge in [-0.05, 0) is 13.0 Å². The van der Waals surface area contributed by atoms with Crippen LogP contribution < -0.4 is 11.3 Å². The SMILES string of the molecule is Cc1ccc(C(=O)O)c([O-])c1.[NH4+]. The molecule has 0 heterocycles. The molecule has 0 spiro atoms. The fourth-order valence-corrected chi connectivity index (χ4v) is 0.806. The topological polar surface area (TPSA) is 96.9 Å². The summed E-state index contributed by atoms with van der Waals surface area (Å²) in [5.41, 5.74) is 0.607. The molecule has 1 aromatic carbocycles. The van der Waals surface area contributed by atoms with Crippen LogP contribution in [-0.2, 0) is 0 Å². The lowest BCUT2D eigenvalue weighted by Gasteiger charge is -2.09. The number of aromatic carboxylic acids is 1. The molecule has 66 valence electrons. The van der Waals surface area contributed by atoms with E-state index >= 15 is 0 Å². The maximum Gasteiger partial charge on any atom is 0.335 e. The van der Waals surface area contributed by atoms with Crippen LogP contribution in [0.25, 0.3) is 0 Å². The monoisotopic (exact) mass is 169 g/mol. The van der Waals surface area contributed by atoms with Crippen LogP contribution >= 0.6 is 0 Å². The number of carbonyl (C=O) groups is 1. The smallest absolute Gasteiger partial charge is 0.335 e. The Morgan fingerprint density at radius 3 is 2.50 bits per heavy atom. The van der Waals surface area contributed by atoms with Crippen LogP contribution in [0.1, 0.15) is 15.9 Å². The number of carboxylic acids is 1. The molecular formula is C8H11NO3. The standard InChI is InChI=1S/C8H8O3.H3N/c1-5-2-3-6(8(10)11)7(9)4-5;/h2-4,9H,1H3,(H,10,11);1H3. The van der Waals surface area contributed by atoms with Gasteiger partial charge in [-0.3, -0.25) is 0 Å². The van der Waals surface area contributed by atoms with Crippen molar-refractivity contribution in [2.75, 3.05) is 0 Å². The second-order valence-electron chi connectivity index (χ2n) is 2.30. The molecule has 1 aromatic rings. The summed E-state index contributed by atoms with van der Waals surface area (Å²) in [6, 6.07) is 4.23. The fourth-order valence-electron chi connectivity index (χ4n) is 0.806. The predicted molar refractivity (Wildman–Crippen MR) is 43.6 cm³/mol. The van der Waals surface area contributed by atoms with E-state index in [0.717, 1.165) is 5.56 Å². The molecule has 0 atom stereocenters. The van der Waals surface area contributed by atoms with Crippen molar-refractivity contribution >= 4 is 5.97 Å². The summed E-state index contributed by atoms with van der Waals surface area (Å²) in [6.07, 6.45) is 0. The molecule has 12 heavy (non-hydrogen) atoms. The molecule has 0 saturated carbocycles. The van der Waals surface area contributed by atoms with Gasteiger partial charge in [0, 0.05) is 0 Å². The number of hydrogen-bond donors (Lipinski definition) is 2. The maximum atomic E-state index is 10.9. The summed E-state index contributed by atoms with van der Waals surface area (Å²) in [5.74, 6) is -1.60. The Morgan fingerprint density at radius 1 is 1.50 bits per heavy atom. The van der Waals surface area contributed by atoms with Gasteiger partial charge in [-0.15, -0.1) is 0 Å². The van der Waals surface area contributed by atoms with Crippen molar-refractivity contribution < 1.29 is 15.0 Å². The summed E-state index contributed by atoms with van der Waals surface area (Å²) >= 11 is 0. The number of hydrogen-bond acceptors (Lipinski definition) is 2. The Kier molecular flexibility index (Phi) is 3.25. The normalized spacial score (nSPS) is 8.75. The molecular weight excluding hydrogens is 158 g/mol. The van der Waals surface area contributed by atoms with Crippen LogP contribution in [0.15, 0.2) is 18.2 Å². The van der Waals surface area contributed by atoms with E-state index in [-0.39, 0.29) is 11.7 Å². The summed E-state index contributed by atoms with van der Waals surface area (Å²) in [4.78, 5) is 10.3. The lowest BCUT2D eigenvalue weighted by molar-refractivity contribution is -0.268. The van der Waals surface area contributed by atoms with E-state index in [0.29, 0.717) is 0 Å². The number of carboxylic acid groups (broad SMARTS) is 1. The van der Waals surface area contributed by atoms with Crippen molar-refractivity contribution in [3.8, 4) is 5.75 Å². The molecule has 0 aliphatic rings. The lowest BCUT2D eigenvalue weighted by atomic mass is 10.1. The highest BCUT2D eigenvalue weighted by atomic mass is 16.4. The molecule has 0 fully saturated rings. The van der Waals surface area contributed by atoms with E-state index in [4.69, 9.17) is 5.11 Å². The number of aryl methyl sites for hydroxylation is 1. The average molecular weight is 169 g/mol. The zero-order chi connectivity index (χ0) is 8.43. The molecule has 1 rings (SSSR count). The summed E-state index contributed by atoms with van der Waals surface area (Å²) < 4.78 is 0. The lowest BCUT2D eigenvalue weighted by Crippen LogP contribution is -2.03. The van der Waals surface area contributed by atoms with Gasteiger partial charge >= 0.3 is 5.97 Å². The van der Waals surface area contributed by atoms with Crippen molar-refractivity contribution in [1.82, 2.24) is 6.15 Å². The van der Waals surface area contributed by atoms with E-state index < -0.39 is 11.7 Å². The molecule has 0 radical (unpaired) electrons. The van der Waals surface area contributed by atoms with Crippen LogP contribution in [0.2, 0.25) is 0 Å². The van der Waals surface area contributed by atoms with Gasteiger partial charge in [0.1, 0.15) is 0 Å². The molecule has 0 amide bonds. The Hall–Kier alpha value is -1.55. The van der Waals surface area contributed by atoms with Crippen molar-refractivity contribution in [2.24, 2.45) is 0 Å². The highest BCUT2D eigenvalue weighted by Gasteiger charge is 2.01. The predicted octanol–water partition coefficient (Wildman–Crippen LogP) is 1.14. The third-order valence-corrected chi connectivity index (χ3v) is 1.37. The number of benzene rings is 1. The van der Waals surface area contributed by atoms with Crippen LogP contribution in [0.5, 0.6) is 5.75 Å². The Labute approximate surface area is 70.0 Å². The van der Waals surface area contributed by atoms with E-state index in [1.165, 1.54) is 12.1 Å². The van der Waals surface area contributed by atoms with Crippen LogP contribution in [0, 0.1) is 6.92 Å². The zero-order valence-electron chi connectivity index (χ0n) is 7.00. The first-order chi connectivity index (χ1) is 5.11. The molecule has 4 heteroatoms. The molecule has 0 aliphatic heterocycles. The Morgan fingerprint density at radius 2 is 2.08 bits per heavy atom. The Bertz CT molecular complexity index is 296. The van der Waals surface area contributed by atoms with Gasteiger partial charge in [0.05, 0.1) is 5.56 Å². The van der Waals surface area contributed by atoms with Crippen LogP contribution in [0.3, 0.4) is 0 Å². The first-order valence-corrected chi connectivity index (χ1v) is 3.12. The number of quaternary nitrogens is 1. The van der Waals surface area contributed by atoms with Gasteiger partial charge in [0.25, 0.3) is 0 Å². The summed E-state index contributed by atoms with van der Waals surface area (Å²) in [7, 11) is 0. The molecule has 0 unspecified atom stereocenters. The van der Waals surface area contributed by atoms with Crippen LogP contribution in [-0.4, -0.2) is 11.1 Å². The van der Waals surface area contributed by atoms with Crippen molar-refractivity contribution in [1.29, 1.82) is 0 Å². The fraction of sp³-hybridized carbons (Fsp3) is 0.125. The first kappa shape index (κ1) is 10.4. The maximum absolute atomic E-state index is 10.9. The molecule has 0 aromatic heterocycles. The zero-order valence-corrected chi connectivity index (χ0v) is 7.00. The van der Waals surface area contributed by atoms with Gasteiger partial charge in [0.15, 0.2) is 0 Å². The largest absolute Gasteiger partial charge is 0.872 e. The van der Waals surface area contributed by atoms with E-state index in [1.807, 2.05) is 0 Å². The molecule has 4 nitrogen and oxygen atoms in total. The van der Waals surface area contributed by atoms with Crippen LogP contribution in [0.4, 0.5) is 0 Å². The van der Waals surface area contributed by atoms with E-state index in [2.05, 4.69) is 0 Å². The third-order valence-electron chi connectivity index (χ3n) is 1.37. The number of rotatable bonds is 1. The molecule has 0 saturated heterocycles. The molecule has 0 bridgehead atoms. The summed E-state index contributed by atoms with van der Waals surface area (Å²) in [5, 5.41) is 19.4.